The second-order valence-corrected chi connectivity index (χ2v) is 22.2. The van der Waals surface area contributed by atoms with Crippen LogP contribution in [0.3, 0.4) is 0 Å². The van der Waals surface area contributed by atoms with E-state index in [2.05, 4.69) is 98.9 Å². The number of aliphatic hydroxyl groups excluding tert-OH is 1. The van der Waals surface area contributed by atoms with Crippen LogP contribution in [-0.4, -0.2) is 36.4 Å². The molecule has 0 bridgehead atoms. The van der Waals surface area contributed by atoms with Gasteiger partial charge < -0.3 is 14.6 Å². The Morgan fingerprint density at radius 1 is 0.316 bits per heavy atom. The maximum atomic E-state index is 12.4. The Morgan fingerprint density at radius 2 is 0.566 bits per heavy atom. The zero-order valence-electron chi connectivity index (χ0n) is 50.5. The van der Waals surface area contributed by atoms with Crippen LogP contribution in [0.5, 0.6) is 0 Å². The number of unbranched alkanes of at least 4 members (excludes halogenated alkanes) is 39. The van der Waals surface area contributed by atoms with E-state index in [1.54, 1.807) is 0 Å². The summed E-state index contributed by atoms with van der Waals surface area (Å²) in [5.74, 6) is -0.581. The van der Waals surface area contributed by atoms with Gasteiger partial charge in [-0.25, -0.2) is 0 Å². The molecule has 76 heavy (non-hydrogen) atoms. The van der Waals surface area contributed by atoms with Crippen LogP contribution in [0.25, 0.3) is 0 Å². The third-order valence-corrected chi connectivity index (χ3v) is 14.7. The Labute approximate surface area is 473 Å². The number of allylic oxidation sites excluding steroid dienone is 14. The number of carbonyl (C=O) groups excluding carboxylic acids is 2. The Balaban J connectivity index is 3.47. The van der Waals surface area contributed by atoms with Crippen molar-refractivity contribution in [3.8, 4) is 0 Å². The van der Waals surface area contributed by atoms with E-state index in [1.807, 2.05) is 0 Å². The molecule has 0 fully saturated rings. The fourth-order valence-corrected chi connectivity index (χ4v) is 9.78. The molecule has 0 aliphatic rings. The number of rotatable bonds is 61. The lowest BCUT2D eigenvalue weighted by molar-refractivity contribution is -0.161. The highest BCUT2D eigenvalue weighted by Crippen LogP contribution is 2.18. The lowest BCUT2D eigenvalue weighted by atomic mass is 10.0. The summed E-state index contributed by atoms with van der Waals surface area (Å²) in [6.07, 6.45) is 93.1. The van der Waals surface area contributed by atoms with Gasteiger partial charge in [0.05, 0.1) is 6.61 Å². The van der Waals surface area contributed by atoms with E-state index >= 15 is 0 Å². The van der Waals surface area contributed by atoms with Crippen LogP contribution in [0.15, 0.2) is 85.1 Å². The van der Waals surface area contributed by atoms with E-state index < -0.39 is 6.10 Å². The van der Waals surface area contributed by atoms with Crippen molar-refractivity contribution < 1.29 is 24.2 Å². The molecule has 1 N–H and O–H groups in total. The van der Waals surface area contributed by atoms with Crippen molar-refractivity contribution >= 4 is 11.9 Å². The molecular formula is C71H126O5. The predicted molar refractivity (Wildman–Crippen MR) is 334 cm³/mol. The zero-order valence-corrected chi connectivity index (χ0v) is 50.5. The summed E-state index contributed by atoms with van der Waals surface area (Å²) in [4.78, 5) is 24.6. The fourth-order valence-electron chi connectivity index (χ4n) is 9.78. The summed E-state index contributed by atoms with van der Waals surface area (Å²) >= 11 is 0. The van der Waals surface area contributed by atoms with Crippen LogP contribution >= 0.6 is 0 Å². The smallest absolute Gasteiger partial charge is 0.306 e. The Morgan fingerprint density at radius 3 is 0.855 bits per heavy atom. The summed E-state index contributed by atoms with van der Waals surface area (Å²) in [7, 11) is 0. The molecule has 0 aromatic heterocycles. The average molecular weight is 1060 g/mol. The van der Waals surface area contributed by atoms with Gasteiger partial charge in [0.2, 0.25) is 0 Å². The Hall–Kier alpha value is -2.92. The molecule has 0 radical (unpaired) electrons. The third kappa shape index (κ3) is 63.6. The van der Waals surface area contributed by atoms with E-state index in [-0.39, 0.29) is 25.2 Å². The average Bonchev–Trinajstić information content (AvgIpc) is 3.42. The fraction of sp³-hybridized carbons (Fsp3) is 0.775. The van der Waals surface area contributed by atoms with Crippen molar-refractivity contribution in [2.24, 2.45) is 0 Å². The van der Waals surface area contributed by atoms with Crippen LogP contribution in [-0.2, 0) is 19.1 Å². The molecular weight excluding hydrogens is 933 g/mol. The molecule has 0 aliphatic carbocycles. The number of esters is 2. The molecule has 5 nitrogen and oxygen atoms in total. The van der Waals surface area contributed by atoms with Crippen LogP contribution in [0, 0.1) is 0 Å². The molecule has 0 aliphatic heterocycles. The quantitative estimate of drug-likeness (QED) is 0.0373. The van der Waals surface area contributed by atoms with E-state index in [4.69, 9.17) is 9.47 Å². The molecule has 0 heterocycles. The first-order valence-corrected chi connectivity index (χ1v) is 33.1. The molecule has 0 aromatic rings. The normalized spacial score (nSPS) is 12.7. The van der Waals surface area contributed by atoms with Crippen molar-refractivity contribution in [2.75, 3.05) is 13.2 Å². The monoisotopic (exact) mass is 1060 g/mol. The van der Waals surface area contributed by atoms with Gasteiger partial charge in [-0.05, 0) is 70.6 Å². The standard InChI is InChI=1S/C71H126O5/c1-3-5-7-9-11-13-15-17-19-21-23-25-27-29-31-33-34-35-36-38-40-42-44-46-48-50-52-54-56-58-60-62-64-66-71(74)76-69(67-72)68-75-70(73)65-63-61-59-57-55-53-51-49-47-45-43-41-39-37-32-30-28-26-24-22-20-18-16-14-12-10-8-6-4-2/h5,7,11,13,17,19,23,25,29,31,34-35,38,40,69,72H,3-4,6,8-10,12,14-16,18,20-22,24,26-28,30,32-33,36-37,39,41-68H2,1-2H3/b7-5-,13-11-,19-17-,25-23-,31-29-,35-34-,40-38-. The van der Waals surface area contributed by atoms with Crippen molar-refractivity contribution in [3.63, 3.8) is 0 Å². The topological polar surface area (TPSA) is 72.8 Å². The van der Waals surface area contributed by atoms with Gasteiger partial charge >= 0.3 is 11.9 Å². The summed E-state index contributed by atoms with van der Waals surface area (Å²) in [5, 5.41) is 9.69. The maximum absolute atomic E-state index is 12.4. The van der Waals surface area contributed by atoms with Crippen molar-refractivity contribution in [2.45, 2.75) is 341 Å². The summed E-state index contributed by atoms with van der Waals surface area (Å²) in [6.45, 7) is 4.07. The molecule has 0 rings (SSSR count). The molecule has 1 atom stereocenters. The highest BCUT2D eigenvalue weighted by atomic mass is 16.6. The van der Waals surface area contributed by atoms with Gasteiger partial charge in [0.25, 0.3) is 0 Å². The van der Waals surface area contributed by atoms with E-state index in [0.29, 0.717) is 12.8 Å². The first kappa shape index (κ1) is 73.1. The zero-order chi connectivity index (χ0) is 54.8. The molecule has 1 unspecified atom stereocenters. The molecule has 0 saturated carbocycles. The van der Waals surface area contributed by atoms with Crippen LogP contribution in [0.4, 0.5) is 0 Å². The molecule has 440 valence electrons. The molecule has 0 aromatic carbocycles. The van der Waals surface area contributed by atoms with Crippen LogP contribution in [0.1, 0.15) is 335 Å². The number of hydrogen-bond donors (Lipinski definition) is 1. The largest absolute Gasteiger partial charge is 0.462 e. The van der Waals surface area contributed by atoms with Crippen molar-refractivity contribution in [1.82, 2.24) is 0 Å². The first-order chi connectivity index (χ1) is 37.6. The lowest BCUT2D eigenvalue weighted by Gasteiger charge is -2.15. The number of aliphatic hydroxyl groups is 1. The van der Waals surface area contributed by atoms with E-state index in [0.717, 1.165) is 83.5 Å². The van der Waals surface area contributed by atoms with E-state index in [9.17, 15) is 14.7 Å². The van der Waals surface area contributed by atoms with E-state index in [1.165, 1.54) is 225 Å². The van der Waals surface area contributed by atoms with Crippen LogP contribution < -0.4 is 0 Å². The van der Waals surface area contributed by atoms with Crippen molar-refractivity contribution in [1.29, 1.82) is 0 Å². The van der Waals surface area contributed by atoms with Gasteiger partial charge in [0, 0.05) is 12.8 Å². The molecule has 0 spiro atoms. The highest BCUT2D eigenvalue weighted by Gasteiger charge is 2.16. The second kappa shape index (κ2) is 66.4. The summed E-state index contributed by atoms with van der Waals surface area (Å²) in [5.41, 5.74) is 0. The van der Waals surface area contributed by atoms with Gasteiger partial charge in [0.15, 0.2) is 6.10 Å². The second-order valence-electron chi connectivity index (χ2n) is 22.2. The Bertz CT molecular complexity index is 1380. The lowest BCUT2D eigenvalue weighted by Crippen LogP contribution is -2.28. The summed E-state index contributed by atoms with van der Waals surface area (Å²) < 4.78 is 10.8. The van der Waals surface area contributed by atoms with Gasteiger partial charge in [0.1, 0.15) is 6.61 Å². The SMILES string of the molecule is CC/C=C\C/C=C\C/C=C\C/C=C\C/C=C\C/C=C\C/C=C\CCCCCCCCCCCCCC(=O)OC(CO)COC(=O)CCCCCCCCCCCCCCCCCCCCCCCCCCCCCCC. The first-order valence-electron chi connectivity index (χ1n) is 33.1. The predicted octanol–water partition coefficient (Wildman–Crippen LogP) is 22.9. The minimum atomic E-state index is -0.777. The van der Waals surface area contributed by atoms with Gasteiger partial charge in [-0.1, -0.05) is 336 Å². The number of ether oxygens (including phenoxy) is 2. The molecule has 0 amide bonds. The number of hydrogen-bond acceptors (Lipinski definition) is 5. The van der Waals surface area contributed by atoms with Gasteiger partial charge in [-0.15, -0.1) is 0 Å². The summed E-state index contributed by atoms with van der Waals surface area (Å²) in [6, 6.07) is 0. The molecule has 0 saturated heterocycles. The van der Waals surface area contributed by atoms with Gasteiger partial charge in [-0.3, -0.25) is 9.59 Å². The van der Waals surface area contributed by atoms with Gasteiger partial charge in [-0.2, -0.15) is 0 Å². The number of carbonyl (C=O) groups is 2. The Kier molecular flexibility index (Phi) is 63.8. The van der Waals surface area contributed by atoms with Crippen molar-refractivity contribution in [3.05, 3.63) is 85.1 Å². The van der Waals surface area contributed by atoms with Crippen LogP contribution in [0.2, 0.25) is 0 Å². The maximum Gasteiger partial charge on any atom is 0.306 e. The third-order valence-electron chi connectivity index (χ3n) is 14.7. The minimum absolute atomic E-state index is 0.0661. The highest BCUT2D eigenvalue weighted by molar-refractivity contribution is 5.70. The minimum Gasteiger partial charge on any atom is -0.462 e. The molecule has 5 heteroatoms.